The fourth-order valence-electron chi connectivity index (χ4n) is 1.91. The molecule has 1 heterocycles. The van der Waals surface area contributed by atoms with Crippen molar-refractivity contribution >= 4 is 11.7 Å². The number of nitrogens with one attached hydrogen (secondary N) is 1. The molecule has 1 aromatic carbocycles. The van der Waals surface area contributed by atoms with E-state index in [-0.39, 0.29) is 0 Å². The summed E-state index contributed by atoms with van der Waals surface area (Å²) in [6.07, 6.45) is 0. The predicted molar refractivity (Wildman–Crippen MR) is 80.3 cm³/mol. The highest BCUT2D eigenvalue weighted by Gasteiger charge is 2.05. The highest BCUT2D eigenvalue weighted by Crippen LogP contribution is 2.18. The largest absolute Gasteiger partial charge is 0.496 e. The summed E-state index contributed by atoms with van der Waals surface area (Å²) in [6.45, 7) is 5.76. The van der Waals surface area contributed by atoms with Crippen molar-refractivity contribution in [1.82, 2.24) is 9.97 Å². The van der Waals surface area contributed by atoms with Gasteiger partial charge in [-0.15, -0.1) is 0 Å². The molecule has 104 valence electrons. The first-order valence-electron chi connectivity index (χ1n) is 6.36. The first-order valence-corrected chi connectivity index (χ1v) is 6.36. The van der Waals surface area contributed by atoms with Gasteiger partial charge in [-0.1, -0.05) is 12.1 Å². The number of hydrogen-bond donors (Lipinski definition) is 1. The molecule has 5 heteroatoms. The van der Waals surface area contributed by atoms with Crippen LogP contribution in [0.25, 0.3) is 0 Å². The van der Waals surface area contributed by atoms with E-state index in [4.69, 9.17) is 4.74 Å². The maximum Gasteiger partial charge on any atom is 0.243 e. The third-order valence-corrected chi connectivity index (χ3v) is 2.80. The van der Waals surface area contributed by atoms with Gasteiger partial charge in [-0.2, -0.15) is 5.10 Å². The van der Waals surface area contributed by atoms with Gasteiger partial charge in [0.15, 0.2) is 0 Å². The summed E-state index contributed by atoms with van der Waals surface area (Å²) in [5, 5.41) is 4.32. The van der Waals surface area contributed by atoms with E-state index in [1.54, 1.807) is 7.11 Å². The van der Waals surface area contributed by atoms with Gasteiger partial charge in [-0.25, -0.2) is 15.4 Å². The highest BCUT2D eigenvalue weighted by molar-refractivity contribution is 6.01. The maximum atomic E-state index is 5.32. The fourth-order valence-corrected chi connectivity index (χ4v) is 1.91. The van der Waals surface area contributed by atoms with E-state index in [2.05, 4.69) is 20.5 Å². The van der Waals surface area contributed by atoms with E-state index in [9.17, 15) is 0 Å². The van der Waals surface area contributed by atoms with E-state index in [0.717, 1.165) is 28.4 Å². The minimum Gasteiger partial charge on any atom is -0.496 e. The van der Waals surface area contributed by atoms with Gasteiger partial charge in [0.1, 0.15) is 5.75 Å². The lowest BCUT2D eigenvalue weighted by Gasteiger charge is -2.08. The summed E-state index contributed by atoms with van der Waals surface area (Å²) in [5.74, 6) is 1.29. The molecule has 5 nitrogen and oxygen atoms in total. The van der Waals surface area contributed by atoms with Crippen molar-refractivity contribution in [3.63, 3.8) is 0 Å². The number of hydrazone groups is 1. The topological polar surface area (TPSA) is 59.4 Å². The number of anilines is 1. The SMILES string of the molecule is COc1ccccc1/C(C)=N\Nc1nc(C)cc(C)n1. The normalized spacial score (nSPS) is 11.3. The second kappa shape index (κ2) is 6.14. The molecule has 0 saturated carbocycles. The quantitative estimate of drug-likeness (QED) is 0.685. The molecule has 0 radical (unpaired) electrons. The van der Waals surface area contributed by atoms with Crippen LogP contribution in [0.4, 0.5) is 5.95 Å². The molecule has 2 aromatic rings. The lowest BCUT2D eigenvalue weighted by molar-refractivity contribution is 0.414. The molecule has 0 spiro atoms. The number of nitrogens with zero attached hydrogens (tertiary/aromatic N) is 3. The molecule has 0 unspecified atom stereocenters. The second-order valence-electron chi connectivity index (χ2n) is 4.48. The molecule has 0 bridgehead atoms. The van der Waals surface area contributed by atoms with E-state index in [0.29, 0.717) is 5.95 Å². The van der Waals surface area contributed by atoms with Crippen LogP contribution in [0.15, 0.2) is 35.4 Å². The molecule has 0 aliphatic rings. The van der Waals surface area contributed by atoms with Crippen molar-refractivity contribution in [3.05, 3.63) is 47.3 Å². The van der Waals surface area contributed by atoms with Gasteiger partial charge in [0, 0.05) is 17.0 Å². The van der Waals surface area contributed by atoms with Crippen LogP contribution in [-0.2, 0) is 0 Å². The van der Waals surface area contributed by atoms with Gasteiger partial charge in [-0.05, 0) is 39.0 Å². The van der Waals surface area contributed by atoms with E-state index in [1.807, 2.05) is 51.1 Å². The number of ether oxygens (including phenoxy) is 1. The fraction of sp³-hybridized carbons (Fsp3) is 0.267. The zero-order chi connectivity index (χ0) is 14.5. The molecule has 1 aromatic heterocycles. The molecule has 1 N–H and O–H groups in total. The maximum absolute atomic E-state index is 5.32. The molecule has 0 aliphatic carbocycles. The Morgan fingerprint density at radius 1 is 1.15 bits per heavy atom. The number of hydrogen-bond acceptors (Lipinski definition) is 5. The lowest BCUT2D eigenvalue weighted by atomic mass is 10.1. The number of aromatic nitrogens is 2. The zero-order valence-corrected chi connectivity index (χ0v) is 12.1. The van der Waals surface area contributed by atoms with Crippen molar-refractivity contribution in [2.24, 2.45) is 5.10 Å². The summed E-state index contributed by atoms with van der Waals surface area (Å²) in [5.41, 5.74) is 6.45. The van der Waals surface area contributed by atoms with Crippen molar-refractivity contribution in [2.45, 2.75) is 20.8 Å². The summed E-state index contributed by atoms with van der Waals surface area (Å²) < 4.78 is 5.32. The number of rotatable bonds is 4. The molecule has 0 aliphatic heterocycles. The van der Waals surface area contributed by atoms with Crippen molar-refractivity contribution < 1.29 is 4.74 Å². The van der Waals surface area contributed by atoms with Crippen LogP contribution in [0.5, 0.6) is 5.75 Å². The van der Waals surface area contributed by atoms with Gasteiger partial charge in [0.2, 0.25) is 5.95 Å². The monoisotopic (exact) mass is 270 g/mol. The first-order chi connectivity index (χ1) is 9.60. The summed E-state index contributed by atoms with van der Waals surface area (Å²) in [7, 11) is 1.65. The minimum atomic E-state index is 0.497. The van der Waals surface area contributed by atoms with Gasteiger partial charge in [0.05, 0.1) is 12.8 Å². The highest BCUT2D eigenvalue weighted by atomic mass is 16.5. The van der Waals surface area contributed by atoms with Crippen LogP contribution >= 0.6 is 0 Å². The second-order valence-corrected chi connectivity index (χ2v) is 4.48. The Morgan fingerprint density at radius 2 is 1.80 bits per heavy atom. The number of para-hydroxylation sites is 1. The molecular formula is C15H18N4O. The molecular weight excluding hydrogens is 252 g/mol. The molecule has 20 heavy (non-hydrogen) atoms. The van der Waals surface area contributed by atoms with E-state index < -0.39 is 0 Å². The van der Waals surface area contributed by atoms with Gasteiger partial charge < -0.3 is 4.74 Å². The van der Waals surface area contributed by atoms with Crippen LogP contribution in [0.1, 0.15) is 23.9 Å². The van der Waals surface area contributed by atoms with Crippen LogP contribution < -0.4 is 10.2 Å². The Balaban J connectivity index is 2.22. The standard InChI is InChI=1S/C15H18N4O/c1-10-9-11(2)17-15(16-10)19-18-12(3)13-7-5-6-8-14(13)20-4/h5-9H,1-4H3,(H,16,17,19)/b18-12-. The van der Waals surface area contributed by atoms with Gasteiger partial charge >= 0.3 is 0 Å². The Bertz CT molecular complexity index is 617. The summed E-state index contributed by atoms with van der Waals surface area (Å²) in [6, 6.07) is 9.66. The molecule has 0 amide bonds. The molecule has 2 rings (SSSR count). The first kappa shape index (κ1) is 14.0. The van der Waals surface area contributed by atoms with Gasteiger partial charge in [0.25, 0.3) is 0 Å². The average Bonchev–Trinajstić information content (AvgIpc) is 2.43. The smallest absolute Gasteiger partial charge is 0.243 e. The number of methoxy groups -OCH3 is 1. The van der Waals surface area contributed by atoms with Gasteiger partial charge in [-0.3, -0.25) is 0 Å². The lowest BCUT2D eigenvalue weighted by Crippen LogP contribution is -2.05. The average molecular weight is 270 g/mol. The van der Waals surface area contributed by atoms with E-state index >= 15 is 0 Å². The van der Waals surface area contributed by atoms with Crippen molar-refractivity contribution in [1.29, 1.82) is 0 Å². The predicted octanol–water partition coefficient (Wildman–Crippen LogP) is 2.94. The molecule has 0 fully saturated rings. The Kier molecular flexibility index (Phi) is 4.30. The van der Waals surface area contributed by atoms with Crippen LogP contribution in [0.2, 0.25) is 0 Å². The number of benzene rings is 1. The third kappa shape index (κ3) is 3.32. The van der Waals surface area contributed by atoms with Crippen LogP contribution in [0.3, 0.4) is 0 Å². The zero-order valence-electron chi connectivity index (χ0n) is 12.1. The summed E-state index contributed by atoms with van der Waals surface area (Å²) in [4.78, 5) is 8.56. The van der Waals surface area contributed by atoms with E-state index in [1.165, 1.54) is 0 Å². The minimum absolute atomic E-state index is 0.497. The summed E-state index contributed by atoms with van der Waals surface area (Å²) >= 11 is 0. The Hall–Kier alpha value is -2.43. The molecule has 0 atom stereocenters. The Morgan fingerprint density at radius 3 is 2.45 bits per heavy atom. The third-order valence-electron chi connectivity index (χ3n) is 2.80. The number of aryl methyl sites for hydroxylation is 2. The van der Waals surface area contributed by atoms with Crippen molar-refractivity contribution in [3.8, 4) is 5.75 Å². The van der Waals surface area contributed by atoms with Crippen molar-refractivity contribution in [2.75, 3.05) is 12.5 Å². The Labute approximate surface area is 118 Å². The van der Waals surface area contributed by atoms with Crippen LogP contribution in [-0.4, -0.2) is 22.8 Å². The molecule has 0 saturated heterocycles. The van der Waals surface area contributed by atoms with Crippen LogP contribution in [0, 0.1) is 13.8 Å².